The topological polar surface area (TPSA) is 64.1 Å². The third-order valence-corrected chi connectivity index (χ3v) is 5.25. The molecule has 0 spiro atoms. The SMILES string of the molecule is CCc1nc(C)c2c(C)c(C(=O)Nc3ccccc3OCC(F)(F)F)sc2n1. The Labute approximate surface area is 163 Å². The second-order valence-electron chi connectivity index (χ2n) is 6.17. The first-order chi connectivity index (χ1) is 13.2. The summed E-state index contributed by atoms with van der Waals surface area (Å²) in [7, 11) is 0. The van der Waals surface area contributed by atoms with Gasteiger partial charge in [0.15, 0.2) is 6.61 Å². The van der Waals surface area contributed by atoms with Crippen molar-refractivity contribution >= 4 is 33.1 Å². The van der Waals surface area contributed by atoms with Crippen molar-refractivity contribution in [3.63, 3.8) is 0 Å². The number of anilines is 1. The predicted molar refractivity (Wildman–Crippen MR) is 102 cm³/mol. The zero-order chi connectivity index (χ0) is 20.5. The van der Waals surface area contributed by atoms with E-state index in [0.717, 1.165) is 16.6 Å². The lowest BCUT2D eigenvalue weighted by Gasteiger charge is -2.13. The van der Waals surface area contributed by atoms with Gasteiger partial charge in [-0.05, 0) is 31.5 Å². The van der Waals surface area contributed by atoms with Crippen LogP contribution in [0.15, 0.2) is 24.3 Å². The number of carbonyl (C=O) groups excluding carboxylic acids is 1. The third-order valence-electron chi connectivity index (χ3n) is 4.07. The Bertz CT molecular complexity index is 1030. The van der Waals surface area contributed by atoms with Crippen LogP contribution in [0, 0.1) is 13.8 Å². The minimum absolute atomic E-state index is 0.0452. The van der Waals surface area contributed by atoms with Gasteiger partial charge in [0.25, 0.3) is 5.91 Å². The average Bonchev–Trinajstić information content (AvgIpc) is 2.97. The molecule has 0 fully saturated rings. The van der Waals surface area contributed by atoms with Gasteiger partial charge in [-0.25, -0.2) is 9.97 Å². The molecule has 0 aliphatic carbocycles. The number of benzene rings is 1. The van der Waals surface area contributed by atoms with Crippen molar-refractivity contribution in [1.29, 1.82) is 0 Å². The maximum atomic E-state index is 12.8. The van der Waals surface area contributed by atoms with Crippen molar-refractivity contribution in [2.75, 3.05) is 11.9 Å². The Balaban J connectivity index is 1.90. The maximum Gasteiger partial charge on any atom is 0.422 e. The molecule has 0 saturated carbocycles. The minimum Gasteiger partial charge on any atom is -0.482 e. The van der Waals surface area contributed by atoms with Gasteiger partial charge in [-0.1, -0.05) is 19.1 Å². The highest BCUT2D eigenvalue weighted by atomic mass is 32.1. The lowest BCUT2D eigenvalue weighted by Crippen LogP contribution is -2.20. The Kier molecular flexibility index (Phi) is 5.55. The molecule has 2 heterocycles. The van der Waals surface area contributed by atoms with Crippen molar-refractivity contribution in [3.8, 4) is 5.75 Å². The van der Waals surface area contributed by atoms with Gasteiger partial charge in [-0.2, -0.15) is 13.2 Å². The first-order valence-electron chi connectivity index (χ1n) is 8.56. The van der Waals surface area contributed by atoms with Crippen molar-refractivity contribution in [2.45, 2.75) is 33.4 Å². The summed E-state index contributed by atoms with van der Waals surface area (Å²) < 4.78 is 42.2. The second kappa shape index (κ2) is 7.75. The van der Waals surface area contributed by atoms with Crippen LogP contribution in [0.3, 0.4) is 0 Å². The smallest absolute Gasteiger partial charge is 0.422 e. The number of thiophene rings is 1. The summed E-state index contributed by atoms with van der Waals surface area (Å²) in [5.41, 5.74) is 1.71. The number of nitrogens with one attached hydrogen (secondary N) is 1. The van der Waals surface area contributed by atoms with Gasteiger partial charge >= 0.3 is 6.18 Å². The Hall–Kier alpha value is -2.68. The van der Waals surface area contributed by atoms with E-state index in [1.54, 1.807) is 6.07 Å². The van der Waals surface area contributed by atoms with E-state index in [4.69, 9.17) is 4.74 Å². The van der Waals surface area contributed by atoms with Gasteiger partial charge in [-0.3, -0.25) is 4.79 Å². The summed E-state index contributed by atoms with van der Waals surface area (Å²) in [6, 6.07) is 6.02. The predicted octanol–water partition coefficient (Wildman–Crippen LogP) is 5.06. The number of hydrogen-bond acceptors (Lipinski definition) is 5. The van der Waals surface area contributed by atoms with Crippen LogP contribution < -0.4 is 10.1 Å². The molecule has 9 heteroatoms. The Morgan fingerprint density at radius 2 is 1.93 bits per heavy atom. The van der Waals surface area contributed by atoms with E-state index in [2.05, 4.69) is 15.3 Å². The van der Waals surface area contributed by atoms with Crippen LogP contribution in [-0.4, -0.2) is 28.7 Å². The number of alkyl halides is 3. The van der Waals surface area contributed by atoms with Gasteiger partial charge in [0, 0.05) is 17.5 Å². The van der Waals surface area contributed by atoms with Crippen molar-refractivity contribution in [2.24, 2.45) is 0 Å². The summed E-state index contributed by atoms with van der Waals surface area (Å²) in [6.07, 6.45) is -3.79. The van der Waals surface area contributed by atoms with Crippen molar-refractivity contribution in [1.82, 2.24) is 9.97 Å². The minimum atomic E-state index is -4.47. The molecule has 1 aromatic carbocycles. The highest BCUT2D eigenvalue weighted by Gasteiger charge is 2.29. The molecule has 0 radical (unpaired) electrons. The molecule has 148 valence electrons. The first-order valence-corrected chi connectivity index (χ1v) is 9.37. The van der Waals surface area contributed by atoms with E-state index in [1.807, 2.05) is 20.8 Å². The van der Waals surface area contributed by atoms with Gasteiger partial charge in [0.1, 0.15) is 16.4 Å². The van der Waals surface area contributed by atoms with E-state index >= 15 is 0 Å². The van der Waals surface area contributed by atoms with Crippen LogP contribution in [0.2, 0.25) is 0 Å². The molecule has 0 saturated heterocycles. The zero-order valence-corrected chi connectivity index (χ0v) is 16.3. The lowest BCUT2D eigenvalue weighted by atomic mass is 10.1. The molecular weight excluding hydrogens is 391 g/mol. The number of amides is 1. The largest absolute Gasteiger partial charge is 0.482 e. The quantitative estimate of drug-likeness (QED) is 0.640. The zero-order valence-electron chi connectivity index (χ0n) is 15.5. The molecule has 28 heavy (non-hydrogen) atoms. The number of para-hydroxylation sites is 2. The molecule has 3 aromatic rings. The monoisotopic (exact) mass is 409 g/mol. The van der Waals surface area contributed by atoms with Gasteiger partial charge in [-0.15, -0.1) is 11.3 Å². The Morgan fingerprint density at radius 1 is 1.21 bits per heavy atom. The number of aryl methyl sites for hydroxylation is 3. The summed E-state index contributed by atoms with van der Waals surface area (Å²) in [4.78, 5) is 22.9. The van der Waals surface area contributed by atoms with Crippen LogP contribution in [0.4, 0.5) is 18.9 Å². The molecule has 0 aliphatic rings. The van der Waals surface area contributed by atoms with Gasteiger partial charge in [0.05, 0.1) is 10.6 Å². The highest BCUT2D eigenvalue weighted by molar-refractivity contribution is 7.20. The maximum absolute atomic E-state index is 12.8. The normalized spacial score (nSPS) is 11.6. The molecule has 5 nitrogen and oxygen atoms in total. The number of rotatable bonds is 5. The first kappa shape index (κ1) is 20.1. The van der Waals surface area contributed by atoms with Crippen LogP contribution in [0.25, 0.3) is 10.2 Å². The van der Waals surface area contributed by atoms with E-state index < -0.39 is 18.7 Å². The number of carbonyl (C=O) groups is 1. The highest BCUT2D eigenvalue weighted by Crippen LogP contribution is 2.33. The second-order valence-corrected chi connectivity index (χ2v) is 7.17. The fourth-order valence-electron chi connectivity index (χ4n) is 2.80. The summed E-state index contributed by atoms with van der Waals surface area (Å²) in [6.45, 7) is 4.19. The third kappa shape index (κ3) is 4.24. The number of nitrogens with zero attached hydrogens (tertiary/aromatic N) is 2. The lowest BCUT2D eigenvalue weighted by molar-refractivity contribution is -0.153. The standard InChI is InChI=1S/C19H18F3N3O2S/c1-4-14-23-11(3)15-10(2)16(28-18(15)25-14)17(26)24-12-7-5-6-8-13(12)27-9-19(20,21)22/h5-8H,4,9H2,1-3H3,(H,24,26). The van der Waals surface area contributed by atoms with Gasteiger partial charge < -0.3 is 10.1 Å². The number of fused-ring (bicyclic) bond motifs is 1. The summed E-state index contributed by atoms with van der Waals surface area (Å²) in [5, 5.41) is 3.47. The van der Waals surface area contributed by atoms with Crippen molar-refractivity contribution in [3.05, 3.63) is 46.2 Å². The molecule has 2 aromatic heterocycles. The van der Waals surface area contributed by atoms with Crippen LogP contribution >= 0.6 is 11.3 Å². The number of halogens is 3. The summed E-state index contributed by atoms with van der Waals surface area (Å²) >= 11 is 1.23. The molecule has 0 unspecified atom stereocenters. The summed E-state index contributed by atoms with van der Waals surface area (Å²) in [5.74, 6) is 0.223. The van der Waals surface area contributed by atoms with Gasteiger partial charge in [0.2, 0.25) is 0 Å². The van der Waals surface area contributed by atoms with Crippen LogP contribution in [-0.2, 0) is 6.42 Å². The molecule has 1 N–H and O–H groups in total. The molecular formula is C19H18F3N3O2S. The van der Waals surface area contributed by atoms with E-state index in [0.29, 0.717) is 22.0 Å². The number of ether oxygens (including phenoxy) is 1. The molecule has 1 amide bonds. The van der Waals surface area contributed by atoms with E-state index in [-0.39, 0.29) is 11.4 Å². The number of hydrogen-bond donors (Lipinski definition) is 1. The van der Waals surface area contributed by atoms with Crippen LogP contribution in [0.5, 0.6) is 5.75 Å². The van der Waals surface area contributed by atoms with Crippen molar-refractivity contribution < 1.29 is 22.7 Å². The fourth-order valence-corrected chi connectivity index (χ4v) is 3.95. The van der Waals surface area contributed by atoms with Crippen LogP contribution in [0.1, 0.15) is 33.7 Å². The van der Waals surface area contributed by atoms with E-state index in [9.17, 15) is 18.0 Å². The molecule has 3 rings (SSSR count). The molecule has 0 aliphatic heterocycles. The average molecular weight is 409 g/mol. The molecule has 0 bridgehead atoms. The van der Waals surface area contributed by atoms with E-state index in [1.165, 1.54) is 29.5 Å². The number of aromatic nitrogens is 2. The fraction of sp³-hybridized carbons (Fsp3) is 0.316. The molecule has 0 atom stereocenters. The Morgan fingerprint density at radius 3 is 2.61 bits per heavy atom.